The van der Waals surface area contributed by atoms with Crippen molar-refractivity contribution in [1.29, 1.82) is 0 Å². The van der Waals surface area contributed by atoms with Crippen LogP contribution in [0.25, 0.3) is 0 Å². The zero-order chi connectivity index (χ0) is 19.0. The van der Waals surface area contributed by atoms with Crippen LogP contribution in [0.2, 0.25) is 0 Å². The number of hydrogen-bond acceptors (Lipinski definition) is 4. The van der Waals surface area contributed by atoms with Gasteiger partial charge in [0.2, 0.25) is 5.91 Å². The standard InChI is InChI=1S/C20H25N5O2/c1-14-12-15(2)25(23-14)11-8-18(26)24-10-5-9-20(13-24)21-17-7-4-3-6-16(17)19(27)22-20/h3-4,6-7,12,21H,5,8-11,13H2,1-2H3,(H,22,27)/t20-/m1/s1. The van der Waals surface area contributed by atoms with Gasteiger partial charge < -0.3 is 15.5 Å². The lowest BCUT2D eigenvalue weighted by Crippen LogP contribution is -2.66. The summed E-state index contributed by atoms with van der Waals surface area (Å²) in [6, 6.07) is 9.51. The summed E-state index contributed by atoms with van der Waals surface area (Å²) in [6.07, 6.45) is 2.05. The maximum atomic E-state index is 12.8. The van der Waals surface area contributed by atoms with Gasteiger partial charge in [0.25, 0.3) is 5.91 Å². The molecule has 1 aromatic carbocycles. The Morgan fingerprint density at radius 3 is 2.85 bits per heavy atom. The molecule has 4 rings (SSSR count). The van der Waals surface area contributed by atoms with Gasteiger partial charge in [0, 0.05) is 30.9 Å². The number of nitrogens with zero attached hydrogens (tertiary/aromatic N) is 3. The number of nitrogens with one attached hydrogen (secondary N) is 2. The predicted molar refractivity (Wildman–Crippen MR) is 102 cm³/mol. The summed E-state index contributed by atoms with van der Waals surface area (Å²) in [4.78, 5) is 27.2. The van der Waals surface area contributed by atoms with E-state index >= 15 is 0 Å². The predicted octanol–water partition coefficient (Wildman–Crippen LogP) is 2.06. The number of rotatable bonds is 3. The van der Waals surface area contributed by atoms with Crippen molar-refractivity contribution in [3.8, 4) is 0 Å². The number of aryl methyl sites for hydroxylation is 3. The number of carbonyl (C=O) groups is 2. The number of benzene rings is 1. The molecule has 0 radical (unpaired) electrons. The highest BCUT2D eigenvalue weighted by Gasteiger charge is 2.41. The maximum absolute atomic E-state index is 12.8. The molecule has 1 spiro atoms. The largest absolute Gasteiger partial charge is 0.361 e. The van der Waals surface area contributed by atoms with Gasteiger partial charge in [-0.05, 0) is 44.9 Å². The molecule has 2 amide bonds. The fraction of sp³-hybridized carbons (Fsp3) is 0.450. The quantitative estimate of drug-likeness (QED) is 0.870. The third-order valence-electron chi connectivity index (χ3n) is 5.38. The molecule has 0 bridgehead atoms. The summed E-state index contributed by atoms with van der Waals surface area (Å²) in [5.74, 6) is 0.0119. The summed E-state index contributed by atoms with van der Waals surface area (Å²) in [6.45, 7) is 5.72. The average Bonchev–Trinajstić information content (AvgIpc) is 2.97. The van der Waals surface area contributed by atoms with Gasteiger partial charge in [0.15, 0.2) is 0 Å². The number of anilines is 1. The van der Waals surface area contributed by atoms with Crippen LogP contribution in [-0.4, -0.2) is 45.2 Å². The van der Waals surface area contributed by atoms with Gasteiger partial charge in [-0.15, -0.1) is 0 Å². The van der Waals surface area contributed by atoms with Gasteiger partial charge in [0.05, 0.1) is 17.8 Å². The number of likely N-dealkylation sites (tertiary alicyclic amines) is 1. The van der Waals surface area contributed by atoms with E-state index in [0.29, 0.717) is 25.1 Å². The van der Waals surface area contributed by atoms with E-state index in [4.69, 9.17) is 0 Å². The molecule has 0 aliphatic carbocycles. The highest BCUT2D eigenvalue weighted by Crippen LogP contribution is 2.30. The maximum Gasteiger partial charge on any atom is 0.255 e. The minimum absolute atomic E-state index is 0.0821. The number of fused-ring (bicyclic) bond motifs is 1. The van der Waals surface area contributed by atoms with Crippen molar-refractivity contribution in [3.63, 3.8) is 0 Å². The highest BCUT2D eigenvalue weighted by atomic mass is 16.2. The Balaban J connectivity index is 1.44. The van der Waals surface area contributed by atoms with Crippen molar-refractivity contribution >= 4 is 17.5 Å². The minimum atomic E-state index is -0.586. The summed E-state index contributed by atoms with van der Waals surface area (Å²) in [5, 5.41) is 11.0. The third kappa shape index (κ3) is 3.41. The topological polar surface area (TPSA) is 79.3 Å². The fourth-order valence-corrected chi connectivity index (χ4v) is 4.10. The van der Waals surface area contributed by atoms with E-state index < -0.39 is 5.66 Å². The Labute approximate surface area is 158 Å². The first-order chi connectivity index (χ1) is 13.0. The first kappa shape index (κ1) is 17.6. The van der Waals surface area contributed by atoms with E-state index in [1.165, 1.54) is 0 Å². The van der Waals surface area contributed by atoms with Crippen LogP contribution in [0.1, 0.15) is 41.0 Å². The smallest absolute Gasteiger partial charge is 0.255 e. The number of carbonyl (C=O) groups excluding carboxylic acids is 2. The molecule has 27 heavy (non-hydrogen) atoms. The Kier molecular flexibility index (Phi) is 4.37. The van der Waals surface area contributed by atoms with Crippen molar-refractivity contribution in [2.24, 2.45) is 0 Å². The third-order valence-corrected chi connectivity index (χ3v) is 5.38. The average molecular weight is 367 g/mol. The summed E-state index contributed by atoms with van der Waals surface area (Å²) in [5.41, 5.74) is 2.92. The van der Waals surface area contributed by atoms with Crippen LogP contribution in [0.4, 0.5) is 5.69 Å². The van der Waals surface area contributed by atoms with Crippen molar-refractivity contribution in [2.45, 2.75) is 45.3 Å². The molecule has 2 aliphatic rings. The van der Waals surface area contributed by atoms with E-state index in [9.17, 15) is 9.59 Å². The minimum Gasteiger partial charge on any atom is -0.361 e. The van der Waals surface area contributed by atoms with Crippen molar-refractivity contribution < 1.29 is 9.59 Å². The van der Waals surface area contributed by atoms with Crippen LogP contribution in [0, 0.1) is 13.8 Å². The second-order valence-electron chi connectivity index (χ2n) is 7.53. The van der Waals surface area contributed by atoms with Gasteiger partial charge in [-0.1, -0.05) is 12.1 Å². The van der Waals surface area contributed by atoms with Crippen molar-refractivity contribution in [1.82, 2.24) is 20.0 Å². The molecule has 1 atom stereocenters. The van der Waals surface area contributed by atoms with E-state index in [1.807, 2.05) is 53.8 Å². The van der Waals surface area contributed by atoms with Gasteiger partial charge >= 0.3 is 0 Å². The van der Waals surface area contributed by atoms with E-state index in [1.54, 1.807) is 0 Å². The van der Waals surface area contributed by atoms with E-state index in [2.05, 4.69) is 15.7 Å². The Hall–Kier alpha value is -2.83. The molecular formula is C20H25N5O2. The van der Waals surface area contributed by atoms with E-state index in [0.717, 1.165) is 36.5 Å². The molecule has 1 saturated heterocycles. The molecule has 0 saturated carbocycles. The fourth-order valence-electron chi connectivity index (χ4n) is 4.10. The summed E-state index contributed by atoms with van der Waals surface area (Å²) >= 11 is 0. The number of para-hydroxylation sites is 1. The molecule has 2 aromatic rings. The van der Waals surface area contributed by atoms with Crippen molar-refractivity contribution in [3.05, 3.63) is 47.3 Å². The molecule has 1 fully saturated rings. The second-order valence-corrected chi connectivity index (χ2v) is 7.53. The Morgan fingerprint density at radius 1 is 1.26 bits per heavy atom. The normalized spacial score (nSPS) is 21.6. The molecule has 142 valence electrons. The second kappa shape index (κ2) is 6.72. The molecule has 2 N–H and O–H groups in total. The lowest BCUT2D eigenvalue weighted by atomic mass is 9.93. The molecule has 7 heteroatoms. The van der Waals surface area contributed by atoms with Crippen LogP contribution < -0.4 is 10.6 Å². The van der Waals surface area contributed by atoms with Gasteiger partial charge in [-0.3, -0.25) is 14.3 Å². The first-order valence-corrected chi connectivity index (χ1v) is 9.44. The number of piperidine rings is 1. The zero-order valence-corrected chi connectivity index (χ0v) is 15.8. The SMILES string of the molecule is Cc1cc(C)n(CCC(=O)N2CCC[C@]3(C2)NC(=O)c2ccccc2N3)n1. The van der Waals surface area contributed by atoms with Gasteiger partial charge in [-0.25, -0.2) is 0 Å². The number of amides is 2. The number of aromatic nitrogens is 2. The molecule has 3 heterocycles. The van der Waals surface area contributed by atoms with Gasteiger partial charge in [-0.2, -0.15) is 5.10 Å². The zero-order valence-electron chi connectivity index (χ0n) is 15.8. The summed E-state index contributed by atoms with van der Waals surface area (Å²) < 4.78 is 1.88. The van der Waals surface area contributed by atoms with Crippen LogP contribution in [0.3, 0.4) is 0 Å². The molecular weight excluding hydrogens is 342 g/mol. The Morgan fingerprint density at radius 2 is 2.07 bits per heavy atom. The van der Waals surface area contributed by atoms with Crippen molar-refractivity contribution in [2.75, 3.05) is 18.4 Å². The van der Waals surface area contributed by atoms with Gasteiger partial charge in [0.1, 0.15) is 5.66 Å². The lowest BCUT2D eigenvalue weighted by Gasteiger charge is -2.46. The summed E-state index contributed by atoms with van der Waals surface area (Å²) in [7, 11) is 0. The molecule has 7 nitrogen and oxygen atoms in total. The monoisotopic (exact) mass is 367 g/mol. The number of hydrogen-bond donors (Lipinski definition) is 2. The molecule has 0 unspecified atom stereocenters. The molecule has 2 aliphatic heterocycles. The van der Waals surface area contributed by atoms with Crippen LogP contribution in [-0.2, 0) is 11.3 Å². The molecule has 1 aromatic heterocycles. The van der Waals surface area contributed by atoms with Crippen LogP contribution in [0.5, 0.6) is 0 Å². The van der Waals surface area contributed by atoms with E-state index in [-0.39, 0.29) is 11.8 Å². The Bertz CT molecular complexity index is 890. The first-order valence-electron chi connectivity index (χ1n) is 9.44. The van der Waals surface area contributed by atoms with Crippen LogP contribution in [0.15, 0.2) is 30.3 Å². The highest BCUT2D eigenvalue weighted by molar-refractivity contribution is 6.02. The van der Waals surface area contributed by atoms with Crippen LogP contribution >= 0.6 is 0 Å². The lowest BCUT2D eigenvalue weighted by molar-refractivity contribution is -0.133.